The van der Waals surface area contributed by atoms with E-state index >= 15 is 0 Å². The van der Waals surface area contributed by atoms with Crippen LogP contribution in [0, 0.1) is 5.92 Å². The van der Waals surface area contributed by atoms with Crippen LogP contribution >= 0.6 is 11.8 Å². The summed E-state index contributed by atoms with van der Waals surface area (Å²) in [4.78, 5) is 24.5. The van der Waals surface area contributed by atoms with Crippen molar-refractivity contribution in [1.29, 1.82) is 0 Å². The minimum Gasteiger partial charge on any atom is -0.273 e. The number of hydrogen-bond acceptors (Lipinski definition) is 3. The molecule has 4 nitrogen and oxygen atoms in total. The van der Waals surface area contributed by atoms with Gasteiger partial charge in [0.15, 0.2) is 0 Å². The monoisotopic (exact) mass is 262 g/mol. The molecule has 1 aromatic carbocycles. The van der Waals surface area contributed by atoms with E-state index < -0.39 is 0 Å². The quantitative estimate of drug-likeness (QED) is 0.789. The van der Waals surface area contributed by atoms with Crippen LogP contribution in [-0.4, -0.2) is 17.1 Å². The highest BCUT2D eigenvalue weighted by Crippen LogP contribution is 2.36. The second-order valence-corrected chi connectivity index (χ2v) is 5.92. The summed E-state index contributed by atoms with van der Waals surface area (Å²) in [5.41, 5.74) is 6.22. The maximum atomic E-state index is 11.9. The number of fused-ring (bicyclic) bond motifs is 1. The number of nitrogens with one attached hydrogen (secondary N) is 2. The average Bonchev–Trinajstić information content (AvgIpc) is 3.14. The fourth-order valence-corrected chi connectivity index (χ4v) is 3.17. The molecule has 1 aromatic rings. The zero-order chi connectivity index (χ0) is 12.5. The van der Waals surface area contributed by atoms with Crippen LogP contribution in [0.1, 0.15) is 18.4 Å². The number of carbonyl (C=O) groups excluding carboxylic acids is 2. The minimum atomic E-state index is -0.137. The molecule has 0 aromatic heterocycles. The number of amides is 2. The minimum absolute atomic E-state index is 0.0659. The summed E-state index contributed by atoms with van der Waals surface area (Å²) in [5.74, 6) is -0.0761. The van der Waals surface area contributed by atoms with E-state index in [-0.39, 0.29) is 23.0 Å². The highest BCUT2D eigenvalue weighted by molar-refractivity contribution is 8.01. The third-order valence-corrected chi connectivity index (χ3v) is 4.51. The first-order valence-electron chi connectivity index (χ1n) is 6.08. The van der Waals surface area contributed by atoms with E-state index in [1.165, 1.54) is 5.56 Å². The SMILES string of the molecule is O=C(NNC(=O)C1Cc2ccccc2S1)C1CC1. The lowest BCUT2D eigenvalue weighted by molar-refractivity contribution is -0.129. The van der Waals surface area contributed by atoms with Gasteiger partial charge in [-0.15, -0.1) is 11.8 Å². The molecular weight excluding hydrogens is 248 g/mol. The number of benzene rings is 1. The van der Waals surface area contributed by atoms with Gasteiger partial charge in [-0.1, -0.05) is 18.2 Å². The van der Waals surface area contributed by atoms with Gasteiger partial charge in [0.05, 0.1) is 5.25 Å². The molecule has 2 N–H and O–H groups in total. The average molecular weight is 262 g/mol. The van der Waals surface area contributed by atoms with Crippen molar-refractivity contribution < 1.29 is 9.59 Å². The first kappa shape index (κ1) is 11.6. The van der Waals surface area contributed by atoms with Crippen LogP contribution in [0.4, 0.5) is 0 Å². The summed E-state index contributed by atoms with van der Waals surface area (Å²) in [6, 6.07) is 8.02. The van der Waals surface area contributed by atoms with E-state index in [2.05, 4.69) is 10.9 Å². The molecule has 2 amide bonds. The summed E-state index contributed by atoms with van der Waals surface area (Å²) < 4.78 is 0. The number of hydrazine groups is 1. The van der Waals surface area contributed by atoms with E-state index in [1.807, 2.05) is 24.3 Å². The Morgan fingerprint density at radius 3 is 2.56 bits per heavy atom. The molecule has 3 rings (SSSR count). The second-order valence-electron chi connectivity index (χ2n) is 4.67. The maximum Gasteiger partial charge on any atom is 0.252 e. The van der Waals surface area contributed by atoms with Crippen LogP contribution in [0.3, 0.4) is 0 Å². The molecule has 1 heterocycles. The third-order valence-electron chi connectivity index (χ3n) is 3.20. The molecule has 94 valence electrons. The molecule has 0 saturated heterocycles. The van der Waals surface area contributed by atoms with Crippen molar-refractivity contribution in [3.05, 3.63) is 29.8 Å². The standard InChI is InChI=1S/C13H14N2O2S/c16-12(8-5-6-8)14-15-13(17)11-7-9-3-1-2-4-10(9)18-11/h1-4,8,11H,5-7H2,(H,14,16)(H,15,17). The Labute approximate surface area is 109 Å². The number of carbonyl (C=O) groups is 2. The third kappa shape index (κ3) is 2.36. The first-order valence-corrected chi connectivity index (χ1v) is 6.96. The first-order chi connectivity index (χ1) is 8.74. The van der Waals surface area contributed by atoms with Crippen LogP contribution in [0.2, 0.25) is 0 Å². The molecule has 18 heavy (non-hydrogen) atoms. The zero-order valence-electron chi connectivity index (χ0n) is 9.81. The summed E-state index contributed by atoms with van der Waals surface area (Å²) >= 11 is 1.56. The Bertz CT molecular complexity index is 475. The van der Waals surface area contributed by atoms with Gasteiger partial charge in [-0.3, -0.25) is 20.4 Å². The predicted octanol–water partition coefficient (Wildman–Crippen LogP) is 1.26. The molecule has 1 unspecified atom stereocenters. The van der Waals surface area contributed by atoms with Gasteiger partial charge in [0.25, 0.3) is 5.91 Å². The topological polar surface area (TPSA) is 58.2 Å². The van der Waals surface area contributed by atoms with Gasteiger partial charge >= 0.3 is 0 Å². The molecular formula is C13H14N2O2S. The lowest BCUT2D eigenvalue weighted by Crippen LogP contribution is -2.46. The van der Waals surface area contributed by atoms with Crippen molar-refractivity contribution in [2.45, 2.75) is 29.4 Å². The highest BCUT2D eigenvalue weighted by Gasteiger charge is 2.31. The lowest BCUT2D eigenvalue weighted by atomic mass is 10.1. The molecule has 0 bridgehead atoms. The van der Waals surface area contributed by atoms with Crippen LogP contribution in [-0.2, 0) is 16.0 Å². The number of hydrogen-bond donors (Lipinski definition) is 2. The largest absolute Gasteiger partial charge is 0.273 e. The summed E-state index contributed by atoms with van der Waals surface area (Å²) in [6.07, 6.45) is 2.60. The van der Waals surface area contributed by atoms with Crippen molar-refractivity contribution >= 4 is 23.6 Å². The smallest absolute Gasteiger partial charge is 0.252 e. The Morgan fingerprint density at radius 2 is 1.83 bits per heavy atom. The summed E-state index contributed by atoms with van der Waals surface area (Å²) in [5, 5.41) is -0.137. The highest BCUT2D eigenvalue weighted by atomic mass is 32.2. The van der Waals surface area contributed by atoms with Gasteiger partial charge in [0, 0.05) is 10.8 Å². The maximum absolute atomic E-state index is 11.9. The molecule has 1 aliphatic heterocycles. The predicted molar refractivity (Wildman–Crippen MR) is 68.8 cm³/mol. The van der Waals surface area contributed by atoms with Gasteiger partial charge < -0.3 is 0 Å². The van der Waals surface area contributed by atoms with Crippen LogP contribution in [0.5, 0.6) is 0 Å². The normalized spacial score (nSPS) is 21.2. The van der Waals surface area contributed by atoms with E-state index in [1.54, 1.807) is 11.8 Å². The summed E-state index contributed by atoms with van der Waals surface area (Å²) in [7, 11) is 0. The van der Waals surface area contributed by atoms with Crippen molar-refractivity contribution in [1.82, 2.24) is 10.9 Å². The fraction of sp³-hybridized carbons (Fsp3) is 0.385. The number of thioether (sulfide) groups is 1. The van der Waals surface area contributed by atoms with Crippen molar-refractivity contribution in [3.8, 4) is 0 Å². The van der Waals surface area contributed by atoms with E-state index in [0.29, 0.717) is 0 Å². The molecule has 0 spiro atoms. The Kier molecular flexibility index (Phi) is 2.99. The molecule has 0 radical (unpaired) electrons. The molecule has 2 aliphatic rings. The molecule has 1 fully saturated rings. The Balaban J connectivity index is 1.54. The Morgan fingerprint density at radius 1 is 1.11 bits per heavy atom. The van der Waals surface area contributed by atoms with E-state index in [4.69, 9.17) is 0 Å². The van der Waals surface area contributed by atoms with Crippen molar-refractivity contribution in [2.75, 3.05) is 0 Å². The van der Waals surface area contributed by atoms with Crippen LogP contribution < -0.4 is 10.9 Å². The Hall–Kier alpha value is -1.49. The van der Waals surface area contributed by atoms with Crippen molar-refractivity contribution in [3.63, 3.8) is 0 Å². The van der Waals surface area contributed by atoms with E-state index in [0.717, 1.165) is 24.2 Å². The van der Waals surface area contributed by atoms with Crippen molar-refractivity contribution in [2.24, 2.45) is 5.92 Å². The fourth-order valence-electron chi connectivity index (χ4n) is 1.98. The van der Waals surface area contributed by atoms with Gasteiger partial charge in [-0.2, -0.15) is 0 Å². The van der Waals surface area contributed by atoms with E-state index in [9.17, 15) is 9.59 Å². The number of rotatable bonds is 2. The molecule has 5 heteroatoms. The lowest BCUT2D eigenvalue weighted by Gasteiger charge is -2.10. The van der Waals surface area contributed by atoms with Crippen LogP contribution in [0.15, 0.2) is 29.2 Å². The van der Waals surface area contributed by atoms with Gasteiger partial charge in [-0.05, 0) is 30.9 Å². The second kappa shape index (κ2) is 4.65. The zero-order valence-corrected chi connectivity index (χ0v) is 10.6. The molecule has 1 saturated carbocycles. The molecule has 1 aliphatic carbocycles. The van der Waals surface area contributed by atoms with Gasteiger partial charge in [-0.25, -0.2) is 0 Å². The summed E-state index contributed by atoms with van der Waals surface area (Å²) in [6.45, 7) is 0. The van der Waals surface area contributed by atoms with Gasteiger partial charge in [0.2, 0.25) is 5.91 Å². The van der Waals surface area contributed by atoms with Crippen LogP contribution in [0.25, 0.3) is 0 Å². The molecule has 1 atom stereocenters. The van der Waals surface area contributed by atoms with Gasteiger partial charge in [0.1, 0.15) is 0 Å².